The molecule has 1 atom stereocenters. The monoisotopic (exact) mass is 273 g/mol. The molecule has 5 heteroatoms. The molecule has 1 N–H and O–H groups in total. The van der Waals surface area contributed by atoms with E-state index < -0.39 is 0 Å². The lowest BCUT2D eigenvalue weighted by Crippen LogP contribution is -2.35. The van der Waals surface area contributed by atoms with E-state index in [-0.39, 0.29) is 17.5 Å². The highest BCUT2D eigenvalue weighted by molar-refractivity contribution is 6.04. The van der Waals surface area contributed by atoms with Gasteiger partial charge < -0.3 is 5.32 Å². The van der Waals surface area contributed by atoms with Gasteiger partial charge in [-0.15, -0.1) is 0 Å². The SMILES string of the molecule is CCC[C@H](C)NC(=O)c1nn(C)c(=O)c2ccccc12. The third-order valence-electron chi connectivity index (χ3n) is 3.27. The van der Waals surface area contributed by atoms with Crippen LogP contribution < -0.4 is 10.9 Å². The maximum Gasteiger partial charge on any atom is 0.274 e. The summed E-state index contributed by atoms with van der Waals surface area (Å²) in [5, 5.41) is 8.13. The third kappa shape index (κ3) is 2.71. The van der Waals surface area contributed by atoms with Gasteiger partial charge in [0.15, 0.2) is 5.69 Å². The summed E-state index contributed by atoms with van der Waals surface area (Å²) in [5.74, 6) is -0.238. The molecule has 1 amide bonds. The smallest absolute Gasteiger partial charge is 0.274 e. The zero-order chi connectivity index (χ0) is 14.7. The Labute approximate surface area is 117 Å². The number of hydrogen-bond donors (Lipinski definition) is 1. The summed E-state index contributed by atoms with van der Waals surface area (Å²) in [7, 11) is 1.56. The lowest BCUT2D eigenvalue weighted by atomic mass is 10.1. The molecular weight excluding hydrogens is 254 g/mol. The molecule has 0 radical (unpaired) electrons. The highest BCUT2D eigenvalue weighted by Crippen LogP contribution is 2.13. The van der Waals surface area contributed by atoms with Gasteiger partial charge in [-0.05, 0) is 19.4 Å². The van der Waals surface area contributed by atoms with Crippen LogP contribution in [0.1, 0.15) is 37.2 Å². The van der Waals surface area contributed by atoms with Crippen molar-refractivity contribution in [3.8, 4) is 0 Å². The Morgan fingerprint density at radius 1 is 1.35 bits per heavy atom. The first-order valence-electron chi connectivity index (χ1n) is 6.81. The first-order valence-corrected chi connectivity index (χ1v) is 6.81. The Balaban J connectivity index is 2.47. The predicted molar refractivity (Wildman–Crippen MR) is 78.8 cm³/mol. The molecule has 2 aromatic rings. The third-order valence-corrected chi connectivity index (χ3v) is 3.27. The van der Waals surface area contributed by atoms with E-state index in [1.54, 1.807) is 31.3 Å². The van der Waals surface area contributed by atoms with Crippen LogP contribution in [0.15, 0.2) is 29.1 Å². The number of nitrogens with zero attached hydrogens (tertiary/aromatic N) is 2. The number of amides is 1. The van der Waals surface area contributed by atoms with Gasteiger partial charge in [0.1, 0.15) is 0 Å². The molecule has 0 bridgehead atoms. The molecule has 0 aliphatic carbocycles. The summed E-state index contributed by atoms with van der Waals surface area (Å²) in [6.45, 7) is 4.04. The van der Waals surface area contributed by atoms with E-state index in [0.717, 1.165) is 12.8 Å². The maximum absolute atomic E-state index is 12.3. The van der Waals surface area contributed by atoms with E-state index in [4.69, 9.17) is 0 Å². The minimum atomic E-state index is -0.238. The molecule has 106 valence electrons. The normalized spacial score (nSPS) is 12.3. The average molecular weight is 273 g/mol. The Kier molecular flexibility index (Phi) is 4.17. The van der Waals surface area contributed by atoms with Crippen LogP contribution in [-0.2, 0) is 7.05 Å². The highest BCUT2D eigenvalue weighted by Gasteiger charge is 2.16. The number of aromatic nitrogens is 2. The fourth-order valence-corrected chi connectivity index (χ4v) is 2.26. The van der Waals surface area contributed by atoms with Crippen LogP contribution in [0.25, 0.3) is 10.8 Å². The first kappa shape index (κ1) is 14.2. The second-order valence-corrected chi connectivity index (χ2v) is 4.99. The van der Waals surface area contributed by atoms with Crippen LogP contribution in [0.3, 0.4) is 0 Å². The van der Waals surface area contributed by atoms with Gasteiger partial charge in [0.2, 0.25) is 0 Å². The molecule has 0 saturated carbocycles. The molecule has 2 rings (SSSR count). The molecule has 0 fully saturated rings. The van der Waals surface area contributed by atoms with E-state index in [1.807, 2.05) is 6.92 Å². The number of fused-ring (bicyclic) bond motifs is 1. The summed E-state index contributed by atoms with van der Waals surface area (Å²) in [5.41, 5.74) is 0.101. The van der Waals surface area contributed by atoms with Crippen LogP contribution >= 0.6 is 0 Å². The van der Waals surface area contributed by atoms with Gasteiger partial charge >= 0.3 is 0 Å². The quantitative estimate of drug-likeness (QED) is 0.924. The summed E-state index contributed by atoms with van der Waals surface area (Å²) >= 11 is 0. The van der Waals surface area contributed by atoms with Crippen molar-refractivity contribution < 1.29 is 4.79 Å². The summed E-state index contributed by atoms with van der Waals surface area (Å²) in [4.78, 5) is 24.3. The molecule has 1 aromatic carbocycles. The standard InChI is InChI=1S/C15H19N3O2/c1-4-7-10(2)16-14(19)13-11-8-5-6-9-12(11)15(20)18(3)17-13/h5-6,8-10H,4,7H2,1-3H3,(H,16,19)/t10-/m0/s1. The number of rotatable bonds is 4. The van der Waals surface area contributed by atoms with Crippen molar-refractivity contribution in [1.29, 1.82) is 0 Å². The van der Waals surface area contributed by atoms with E-state index in [2.05, 4.69) is 17.3 Å². The minimum absolute atomic E-state index is 0.0882. The van der Waals surface area contributed by atoms with Gasteiger partial charge in [-0.2, -0.15) is 5.10 Å². The second-order valence-electron chi connectivity index (χ2n) is 4.99. The van der Waals surface area contributed by atoms with Gasteiger partial charge in [0.25, 0.3) is 11.5 Å². The van der Waals surface area contributed by atoms with E-state index in [0.29, 0.717) is 16.5 Å². The highest BCUT2D eigenvalue weighted by atomic mass is 16.2. The number of hydrogen-bond acceptors (Lipinski definition) is 3. The number of aryl methyl sites for hydroxylation is 1. The number of carbonyl (C=O) groups excluding carboxylic acids is 1. The Hall–Kier alpha value is -2.17. The van der Waals surface area contributed by atoms with Crippen molar-refractivity contribution in [3.63, 3.8) is 0 Å². The van der Waals surface area contributed by atoms with Crippen molar-refractivity contribution >= 4 is 16.7 Å². The van der Waals surface area contributed by atoms with E-state index in [9.17, 15) is 9.59 Å². The van der Waals surface area contributed by atoms with Crippen LogP contribution in [0, 0.1) is 0 Å². The van der Waals surface area contributed by atoms with Gasteiger partial charge in [-0.3, -0.25) is 9.59 Å². The summed E-state index contributed by atoms with van der Waals surface area (Å²) in [6.07, 6.45) is 1.92. The minimum Gasteiger partial charge on any atom is -0.348 e. The first-order chi connectivity index (χ1) is 9.54. The molecule has 20 heavy (non-hydrogen) atoms. The van der Waals surface area contributed by atoms with Crippen molar-refractivity contribution in [3.05, 3.63) is 40.3 Å². The fraction of sp³-hybridized carbons (Fsp3) is 0.400. The van der Waals surface area contributed by atoms with Gasteiger partial charge in [0, 0.05) is 18.5 Å². The molecule has 0 spiro atoms. The van der Waals surface area contributed by atoms with Crippen molar-refractivity contribution in [2.75, 3.05) is 0 Å². The molecular formula is C15H19N3O2. The van der Waals surface area contributed by atoms with Crippen LogP contribution in [0.5, 0.6) is 0 Å². The van der Waals surface area contributed by atoms with Gasteiger partial charge in [-0.1, -0.05) is 31.5 Å². The van der Waals surface area contributed by atoms with Crippen LogP contribution in [-0.4, -0.2) is 21.7 Å². The zero-order valence-corrected chi connectivity index (χ0v) is 12.0. The van der Waals surface area contributed by atoms with E-state index in [1.165, 1.54) is 4.68 Å². The lowest BCUT2D eigenvalue weighted by Gasteiger charge is -2.13. The van der Waals surface area contributed by atoms with Crippen LogP contribution in [0.2, 0.25) is 0 Å². The number of benzene rings is 1. The zero-order valence-electron chi connectivity index (χ0n) is 12.0. The second kappa shape index (κ2) is 5.86. The van der Waals surface area contributed by atoms with E-state index >= 15 is 0 Å². The Morgan fingerprint density at radius 3 is 2.65 bits per heavy atom. The van der Waals surface area contributed by atoms with Crippen molar-refractivity contribution in [2.24, 2.45) is 7.05 Å². The van der Waals surface area contributed by atoms with Crippen molar-refractivity contribution in [2.45, 2.75) is 32.7 Å². The topological polar surface area (TPSA) is 64.0 Å². The molecule has 0 unspecified atom stereocenters. The molecule has 1 heterocycles. The Bertz CT molecular complexity index is 691. The molecule has 1 aromatic heterocycles. The van der Waals surface area contributed by atoms with Gasteiger partial charge in [-0.25, -0.2) is 4.68 Å². The lowest BCUT2D eigenvalue weighted by molar-refractivity contribution is 0.0933. The van der Waals surface area contributed by atoms with Crippen LogP contribution in [0.4, 0.5) is 0 Å². The Morgan fingerprint density at radius 2 is 2.00 bits per heavy atom. The van der Waals surface area contributed by atoms with Gasteiger partial charge in [0.05, 0.1) is 5.39 Å². The van der Waals surface area contributed by atoms with Crippen molar-refractivity contribution in [1.82, 2.24) is 15.1 Å². The largest absolute Gasteiger partial charge is 0.348 e. The predicted octanol–water partition coefficient (Wildman–Crippen LogP) is 1.85. The molecule has 5 nitrogen and oxygen atoms in total. The maximum atomic E-state index is 12.3. The molecule has 0 saturated heterocycles. The summed E-state index contributed by atoms with van der Waals surface area (Å²) < 4.78 is 1.21. The molecule has 0 aliphatic rings. The average Bonchev–Trinajstić information content (AvgIpc) is 2.43. The number of nitrogens with one attached hydrogen (secondary N) is 1. The number of carbonyl (C=O) groups is 1. The summed E-state index contributed by atoms with van der Waals surface area (Å²) in [6, 6.07) is 7.14. The fourth-order valence-electron chi connectivity index (χ4n) is 2.26. The molecule has 0 aliphatic heterocycles.